The summed E-state index contributed by atoms with van der Waals surface area (Å²) in [6.45, 7) is 8.18. The molecule has 0 saturated carbocycles. The molecule has 1 aromatic rings. The average Bonchev–Trinajstić information content (AvgIpc) is 2.12. The number of nitrogens with zero attached hydrogens (tertiary/aromatic N) is 1. The van der Waals surface area contributed by atoms with E-state index in [1.54, 1.807) is 0 Å². The van der Waals surface area contributed by atoms with E-state index in [9.17, 15) is 0 Å². The molecule has 0 spiro atoms. The van der Waals surface area contributed by atoms with Gasteiger partial charge in [0, 0.05) is 5.56 Å². The van der Waals surface area contributed by atoms with E-state index in [1.807, 2.05) is 6.92 Å². The van der Waals surface area contributed by atoms with Crippen LogP contribution in [0.3, 0.4) is 0 Å². The molecule has 1 aromatic carbocycles. The van der Waals surface area contributed by atoms with Gasteiger partial charge in [-0.15, -0.1) is 0 Å². The second-order valence-corrected chi connectivity index (χ2v) is 4.39. The van der Waals surface area contributed by atoms with Gasteiger partial charge in [0.15, 0.2) is 5.11 Å². The topological polar surface area (TPSA) is 50.4 Å². The maximum absolute atomic E-state index is 5.33. The zero-order valence-electron chi connectivity index (χ0n) is 10.1. The van der Waals surface area contributed by atoms with Crippen LogP contribution in [-0.2, 0) is 0 Å². The molecule has 0 unspecified atom stereocenters. The largest absolute Gasteiger partial charge is 0.375 e. The highest BCUT2D eigenvalue weighted by molar-refractivity contribution is 7.80. The van der Waals surface area contributed by atoms with Crippen LogP contribution in [0.25, 0.3) is 0 Å². The van der Waals surface area contributed by atoms with E-state index in [2.05, 4.69) is 43.4 Å². The maximum Gasteiger partial charge on any atom is 0.184 e. The van der Waals surface area contributed by atoms with Crippen LogP contribution >= 0.6 is 12.2 Å². The molecule has 0 bridgehead atoms. The van der Waals surface area contributed by atoms with Gasteiger partial charge in [0.25, 0.3) is 0 Å². The Labute approximate surface area is 102 Å². The fourth-order valence-corrected chi connectivity index (χ4v) is 1.99. The van der Waals surface area contributed by atoms with Crippen LogP contribution in [0.4, 0.5) is 0 Å². The van der Waals surface area contributed by atoms with E-state index >= 15 is 0 Å². The lowest BCUT2D eigenvalue weighted by atomic mass is 9.97. The Morgan fingerprint density at radius 2 is 1.75 bits per heavy atom. The van der Waals surface area contributed by atoms with Crippen LogP contribution in [0.5, 0.6) is 0 Å². The number of thiocarbonyl (C=S) groups is 1. The van der Waals surface area contributed by atoms with E-state index in [4.69, 9.17) is 18.0 Å². The van der Waals surface area contributed by atoms with E-state index in [1.165, 1.54) is 16.7 Å². The molecule has 3 nitrogen and oxygen atoms in total. The monoisotopic (exact) mass is 235 g/mol. The first kappa shape index (κ1) is 12.6. The number of hydrogen-bond acceptors (Lipinski definition) is 2. The molecule has 0 aliphatic carbocycles. The summed E-state index contributed by atoms with van der Waals surface area (Å²) in [6, 6.07) is 4.28. The molecule has 0 heterocycles. The second kappa shape index (κ2) is 5.07. The quantitative estimate of drug-likeness (QED) is 0.469. The minimum atomic E-state index is 0.182. The van der Waals surface area contributed by atoms with E-state index in [-0.39, 0.29) is 5.11 Å². The van der Waals surface area contributed by atoms with Crippen LogP contribution in [0, 0.1) is 20.8 Å². The Morgan fingerprint density at radius 3 is 2.19 bits per heavy atom. The van der Waals surface area contributed by atoms with Gasteiger partial charge in [0.05, 0.1) is 5.71 Å². The third kappa shape index (κ3) is 3.03. The van der Waals surface area contributed by atoms with E-state index < -0.39 is 0 Å². The fraction of sp³-hybridized carbons (Fsp3) is 0.333. The zero-order chi connectivity index (χ0) is 12.3. The van der Waals surface area contributed by atoms with Gasteiger partial charge >= 0.3 is 0 Å². The summed E-state index contributed by atoms with van der Waals surface area (Å²) < 4.78 is 0. The van der Waals surface area contributed by atoms with Crippen LogP contribution < -0.4 is 11.2 Å². The van der Waals surface area contributed by atoms with Gasteiger partial charge in [0.2, 0.25) is 0 Å². The van der Waals surface area contributed by atoms with Crippen molar-refractivity contribution in [3.8, 4) is 0 Å². The third-order valence-corrected chi connectivity index (χ3v) is 2.46. The van der Waals surface area contributed by atoms with Crippen molar-refractivity contribution in [3.05, 3.63) is 34.4 Å². The minimum absolute atomic E-state index is 0.182. The lowest BCUT2D eigenvalue weighted by molar-refractivity contribution is 1.03. The molecule has 0 fully saturated rings. The highest BCUT2D eigenvalue weighted by Gasteiger charge is 2.06. The Morgan fingerprint density at radius 1 is 1.25 bits per heavy atom. The Balaban J connectivity index is 3.13. The van der Waals surface area contributed by atoms with Gasteiger partial charge in [-0.3, -0.25) is 5.43 Å². The van der Waals surface area contributed by atoms with Gasteiger partial charge < -0.3 is 5.73 Å². The molecule has 0 amide bonds. The molecule has 0 aliphatic heterocycles. The lowest BCUT2D eigenvalue weighted by Gasteiger charge is -2.11. The van der Waals surface area contributed by atoms with Crippen molar-refractivity contribution in [1.29, 1.82) is 0 Å². The first-order valence-electron chi connectivity index (χ1n) is 5.09. The van der Waals surface area contributed by atoms with Gasteiger partial charge in [0.1, 0.15) is 0 Å². The van der Waals surface area contributed by atoms with E-state index in [0.29, 0.717) is 0 Å². The second-order valence-electron chi connectivity index (χ2n) is 3.95. The van der Waals surface area contributed by atoms with Crippen molar-refractivity contribution in [2.75, 3.05) is 0 Å². The predicted molar refractivity (Wildman–Crippen MR) is 72.8 cm³/mol. The molecule has 16 heavy (non-hydrogen) atoms. The Kier molecular flexibility index (Phi) is 4.01. The summed E-state index contributed by atoms with van der Waals surface area (Å²) in [5, 5.41) is 4.33. The molecule has 0 atom stereocenters. The highest BCUT2D eigenvalue weighted by atomic mass is 32.1. The smallest absolute Gasteiger partial charge is 0.184 e. The number of benzene rings is 1. The first-order chi connectivity index (χ1) is 7.41. The summed E-state index contributed by atoms with van der Waals surface area (Å²) in [6.07, 6.45) is 0. The Hall–Kier alpha value is -1.42. The first-order valence-corrected chi connectivity index (χ1v) is 5.50. The number of hydrazone groups is 1. The molecular weight excluding hydrogens is 218 g/mol. The summed E-state index contributed by atoms with van der Waals surface area (Å²) >= 11 is 4.71. The van der Waals surface area contributed by atoms with Crippen molar-refractivity contribution < 1.29 is 0 Å². The van der Waals surface area contributed by atoms with Crippen molar-refractivity contribution in [1.82, 2.24) is 5.43 Å². The van der Waals surface area contributed by atoms with Crippen LogP contribution in [0.1, 0.15) is 29.2 Å². The van der Waals surface area contributed by atoms with Crippen molar-refractivity contribution in [2.45, 2.75) is 27.7 Å². The number of nitrogens with one attached hydrogen (secondary N) is 1. The molecule has 4 heteroatoms. The molecule has 1 rings (SSSR count). The minimum Gasteiger partial charge on any atom is -0.375 e. The predicted octanol–water partition coefficient (Wildman–Crippen LogP) is 2.17. The molecule has 86 valence electrons. The fourth-order valence-electron chi connectivity index (χ4n) is 1.95. The SMILES string of the molecule is C/C(=N\NC(N)=S)c1c(C)cc(C)cc1C. The number of hydrogen-bond donors (Lipinski definition) is 2. The van der Waals surface area contributed by atoms with Crippen LogP contribution in [-0.4, -0.2) is 10.8 Å². The number of nitrogens with two attached hydrogens (primary N) is 1. The van der Waals surface area contributed by atoms with Gasteiger partial charge in [-0.05, 0) is 51.0 Å². The standard InChI is InChI=1S/C12H17N3S/c1-7-5-8(2)11(9(3)6-7)10(4)14-15-12(13)16/h5-6H,1-4H3,(H3,13,15,16)/b14-10+. The van der Waals surface area contributed by atoms with Gasteiger partial charge in [-0.2, -0.15) is 5.10 Å². The number of rotatable bonds is 2. The molecule has 0 radical (unpaired) electrons. The van der Waals surface area contributed by atoms with Crippen LogP contribution in [0.15, 0.2) is 17.2 Å². The van der Waals surface area contributed by atoms with E-state index in [0.717, 1.165) is 11.3 Å². The summed E-state index contributed by atoms with van der Waals surface area (Å²) in [5.41, 5.74) is 13.7. The molecule has 3 N–H and O–H groups in total. The van der Waals surface area contributed by atoms with Crippen LogP contribution in [0.2, 0.25) is 0 Å². The average molecular weight is 235 g/mol. The van der Waals surface area contributed by atoms with Gasteiger partial charge in [-0.1, -0.05) is 17.7 Å². The molecule has 0 saturated heterocycles. The normalized spacial score (nSPS) is 11.4. The summed E-state index contributed by atoms with van der Waals surface area (Å²) in [5.74, 6) is 0. The molecular formula is C12H17N3S. The van der Waals surface area contributed by atoms with Crippen molar-refractivity contribution >= 4 is 23.0 Å². The van der Waals surface area contributed by atoms with Gasteiger partial charge in [-0.25, -0.2) is 0 Å². The van der Waals surface area contributed by atoms with Crippen molar-refractivity contribution in [2.24, 2.45) is 10.8 Å². The zero-order valence-corrected chi connectivity index (χ0v) is 10.9. The Bertz CT molecular complexity index is 427. The maximum atomic E-state index is 5.33. The summed E-state index contributed by atoms with van der Waals surface area (Å²) in [4.78, 5) is 0. The molecule has 0 aliphatic rings. The highest BCUT2D eigenvalue weighted by Crippen LogP contribution is 2.17. The van der Waals surface area contributed by atoms with Crippen molar-refractivity contribution in [3.63, 3.8) is 0 Å². The third-order valence-electron chi connectivity index (χ3n) is 2.37. The number of aryl methyl sites for hydroxylation is 3. The summed E-state index contributed by atoms with van der Waals surface area (Å²) in [7, 11) is 0. The lowest BCUT2D eigenvalue weighted by Crippen LogP contribution is -2.25. The molecule has 0 aromatic heterocycles.